The van der Waals surface area contributed by atoms with E-state index in [2.05, 4.69) is 47.6 Å². The molecule has 0 N–H and O–H groups in total. The lowest BCUT2D eigenvalue weighted by Crippen LogP contribution is -2.27. The van der Waals surface area contributed by atoms with E-state index in [1.54, 1.807) is 7.11 Å². The van der Waals surface area contributed by atoms with Gasteiger partial charge in [-0.1, -0.05) is 59.7 Å². The molecule has 128 valence electrons. The highest BCUT2D eigenvalue weighted by molar-refractivity contribution is 6.12. The van der Waals surface area contributed by atoms with Gasteiger partial charge in [-0.25, -0.2) is 0 Å². The van der Waals surface area contributed by atoms with Gasteiger partial charge in [0.2, 0.25) is 0 Å². The second-order valence-electron chi connectivity index (χ2n) is 8.33. The van der Waals surface area contributed by atoms with Gasteiger partial charge in [-0.2, -0.15) is 0 Å². The lowest BCUT2D eigenvalue weighted by atomic mass is 9.72. The molecule has 0 aromatic heterocycles. The molecule has 2 heteroatoms. The van der Waals surface area contributed by atoms with E-state index < -0.39 is 0 Å². The van der Waals surface area contributed by atoms with Gasteiger partial charge in [-0.3, -0.25) is 4.79 Å². The minimum absolute atomic E-state index is 0.159. The van der Waals surface area contributed by atoms with E-state index in [4.69, 9.17) is 4.74 Å². The Morgan fingerprint density at radius 2 is 1.38 bits per heavy atom. The predicted octanol–water partition coefficient (Wildman–Crippen LogP) is 5.61. The number of hydrogen-bond acceptors (Lipinski definition) is 2. The van der Waals surface area contributed by atoms with Crippen LogP contribution in [0.25, 0.3) is 6.08 Å². The third-order valence-corrected chi connectivity index (χ3v) is 4.19. The normalized spacial score (nSPS) is 15.8. The molecule has 2 nitrogen and oxygen atoms in total. The summed E-state index contributed by atoms with van der Waals surface area (Å²) >= 11 is 0. The Hall–Kier alpha value is -2.09. The van der Waals surface area contributed by atoms with Crippen molar-refractivity contribution in [3.8, 4) is 5.75 Å². The van der Waals surface area contributed by atoms with Crippen LogP contribution in [0.1, 0.15) is 47.1 Å². The number of ether oxygens (including phenoxy) is 1. The van der Waals surface area contributed by atoms with Crippen molar-refractivity contribution in [1.82, 2.24) is 0 Å². The zero-order chi connectivity index (χ0) is 18.1. The summed E-state index contributed by atoms with van der Waals surface area (Å²) in [7, 11) is 1.68. The molecule has 1 aliphatic rings. The van der Waals surface area contributed by atoms with Gasteiger partial charge in [-0.15, -0.1) is 0 Å². The number of allylic oxidation sites excluding steroid dienone is 5. The van der Waals surface area contributed by atoms with Crippen LogP contribution in [0.15, 0.2) is 53.1 Å². The summed E-state index contributed by atoms with van der Waals surface area (Å²) in [5, 5.41) is 0. The average molecular weight is 324 g/mol. The molecule has 0 heterocycles. The molecule has 0 aliphatic heterocycles. The minimum atomic E-state index is -0.193. The molecule has 0 atom stereocenters. The predicted molar refractivity (Wildman–Crippen MR) is 101 cm³/mol. The molecular weight excluding hydrogens is 296 g/mol. The van der Waals surface area contributed by atoms with E-state index in [-0.39, 0.29) is 16.6 Å². The standard InChI is InChI=1S/C22H28O2/c1-21(2,3)17-13-15(14-18(20(17)23)22(4,5)6)12-16-10-8-9-11-19(16)24-7/h8-14H,1-7H3. The molecule has 0 radical (unpaired) electrons. The summed E-state index contributed by atoms with van der Waals surface area (Å²) in [4.78, 5) is 13.0. The number of hydrogen-bond donors (Lipinski definition) is 0. The van der Waals surface area contributed by atoms with Crippen molar-refractivity contribution in [3.63, 3.8) is 0 Å². The Balaban J connectivity index is 2.62. The number of benzene rings is 1. The Labute approximate surface area is 145 Å². The second-order valence-corrected chi connectivity index (χ2v) is 8.33. The van der Waals surface area contributed by atoms with Crippen molar-refractivity contribution < 1.29 is 9.53 Å². The molecular formula is C22H28O2. The van der Waals surface area contributed by atoms with Gasteiger partial charge in [-0.05, 0) is 40.7 Å². The summed E-state index contributed by atoms with van der Waals surface area (Å²) in [5.74, 6) is 0.991. The summed E-state index contributed by atoms with van der Waals surface area (Å²) < 4.78 is 5.44. The van der Waals surface area contributed by atoms with Crippen LogP contribution in [-0.4, -0.2) is 12.9 Å². The number of para-hydroxylation sites is 1. The van der Waals surface area contributed by atoms with Crippen LogP contribution < -0.4 is 4.74 Å². The van der Waals surface area contributed by atoms with Crippen LogP contribution in [0.3, 0.4) is 0 Å². The number of rotatable bonds is 2. The fourth-order valence-electron chi connectivity index (χ4n) is 2.81. The summed E-state index contributed by atoms with van der Waals surface area (Å²) in [5.41, 5.74) is 3.38. The maximum absolute atomic E-state index is 13.0. The van der Waals surface area contributed by atoms with Gasteiger partial charge < -0.3 is 4.74 Å². The van der Waals surface area contributed by atoms with E-state index >= 15 is 0 Å². The van der Waals surface area contributed by atoms with Gasteiger partial charge in [0.15, 0.2) is 5.78 Å². The number of methoxy groups -OCH3 is 1. The molecule has 0 unspecified atom stereocenters. The molecule has 1 aromatic carbocycles. The summed E-state index contributed by atoms with van der Waals surface area (Å²) in [6.07, 6.45) is 6.12. The van der Waals surface area contributed by atoms with E-state index in [1.165, 1.54) is 0 Å². The third kappa shape index (κ3) is 3.87. The lowest BCUT2D eigenvalue weighted by Gasteiger charge is -2.31. The van der Waals surface area contributed by atoms with Crippen molar-refractivity contribution >= 4 is 11.9 Å². The monoisotopic (exact) mass is 324 g/mol. The van der Waals surface area contributed by atoms with Gasteiger partial charge >= 0.3 is 0 Å². The van der Waals surface area contributed by atoms with Crippen molar-refractivity contribution in [2.24, 2.45) is 10.8 Å². The molecule has 2 rings (SSSR count). The first-order valence-corrected chi connectivity index (χ1v) is 8.38. The quantitative estimate of drug-likeness (QED) is 0.707. The molecule has 0 bridgehead atoms. The average Bonchev–Trinajstić information content (AvgIpc) is 2.47. The van der Waals surface area contributed by atoms with Crippen LogP contribution in [0.4, 0.5) is 0 Å². The molecule has 0 saturated carbocycles. The van der Waals surface area contributed by atoms with Gasteiger partial charge in [0, 0.05) is 16.7 Å². The lowest BCUT2D eigenvalue weighted by molar-refractivity contribution is -0.114. The topological polar surface area (TPSA) is 26.3 Å². The zero-order valence-electron chi connectivity index (χ0n) is 15.9. The molecule has 0 saturated heterocycles. The smallest absolute Gasteiger partial charge is 0.186 e. The van der Waals surface area contributed by atoms with Crippen LogP contribution >= 0.6 is 0 Å². The first kappa shape index (κ1) is 18.3. The molecule has 1 aliphatic carbocycles. The van der Waals surface area contributed by atoms with Crippen LogP contribution in [0.5, 0.6) is 5.75 Å². The van der Waals surface area contributed by atoms with Crippen LogP contribution in [0, 0.1) is 10.8 Å². The number of Topliss-reactive ketones (excluding diaryl/α,β-unsaturated/α-hetero) is 1. The Bertz CT molecular complexity index is 696. The van der Waals surface area contributed by atoms with Crippen LogP contribution in [-0.2, 0) is 4.79 Å². The minimum Gasteiger partial charge on any atom is -0.496 e. The van der Waals surface area contributed by atoms with E-state index in [1.807, 2.05) is 36.4 Å². The highest BCUT2D eigenvalue weighted by Gasteiger charge is 2.33. The van der Waals surface area contributed by atoms with E-state index in [9.17, 15) is 4.79 Å². The molecule has 1 aromatic rings. The molecule has 0 amide bonds. The summed E-state index contributed by atoms with van der Waals surface area (Å²) in [6.45, 7) is 12.5. The zero-order valence-corrected chi connectivity index (χ0v) is 15.9. The Morgan fingerprint density at radius 3 is 1.83 bits per heavy atom. The van der Waals surface area contributed by atoms with E-state index in [0.717, 1.165) is 28.0 Å². The largest absolute Gasteiger partial charge is 0.496 e. The van der Waals surface area contributed by atoms with E-state index in [0.29, 0.717) is 0 Å². The van der Waals surface area contributed by atoms with Crippen molar-refractivity contribution in [2.75, 3.05) is 7.11 Å². The Morgan fingerprint density at radius 1 is 0.875 bits per heavy atom. The molecule has 24 heavy (non-hydrogen) atoms. The van der Waals surface area contributed by atoms with Crippen molar-refractivity contribution in [2.45, 2.75) is 41.5 Å². The number of ketones is 1. The number of carbonyl (C=O) groups excluding carboxylic acids is 1. The fourth-order valence-corrected chi connectivity index (χ4v) is 2.81. The Kier molecular flexibility index (Phi) is 4.89. The first-order valence-electron chi connectivity index (χ1n) is 8.38. The SMILES string of the molecule is COc1ccccc1C=C1C=C(C(C)(C)C)C(=O)C(C(C)(C)C)=C1. The van der Waals surface area contributed by atoms with Gasteiger partial charge in [0.25, 0.3) is 0 Å². The van der Waals surface area contributed by atoms with Crippen molar-refractivity contribution in [1.29, 1.82) is 0 Å². The first-order chi connectivity index (χ1) is 11.0. The van der Waals surface area contributed by atoms with Gasteiger partial charge in [0.1, 0.15) is 5.75 Å². The highest BCUT2D eigenvalue weighted by Crippen LogP contribution is 2.39. The summed E-state index contributed by atoms with van der Waals surface area (Å²) in [6, 6.07) is 7.92. The van der Waals surface area contributed by atoms with Crippen molar-refractivity contribution in [3.05, 3.63) is 58.7 Å². The number of carbonyl (C=O) groups is 1. The third-order valence-electron chi connectivity index (χ3n) is 4.19. The maximum Gasteiger partial charge on any atom is 0.186 e. The highest BCUT2D eigenvalue weighted by atomic mass is 16.5. The molecule has 0 spiro atoms. The van der Waals surface area contributed by atoms with Gasteiger partial charge in [0.05, 0.1) is 7.11 Å². The second kappa shape index (κ2) is 6.43. The maximum atomic E-state index is 13.0. The molecule has 0 fully saturated rings. The fraction of sp³-hybridized carbons (Fsp3) is 0.409. The van der Waals surface area contributed by atoms with Crippen LogP contribution in [0.2, 0.25) is 0 Å².